The molecule has 0 spiro atoms. The molecule has 0 saturated heterocycles. The first-order valence-electron chi connectivity index (χ1n) is 9.41. The fraction of sp³-hybridized carbons (Fsp3) is 0.789. The van der Waals surface area contributed by atoms with Gasteiger partial charge in [0.25, 0.3) is 10.1 Å². The predicted molar refractivity (Wildman–Crippen MR) is 99.1 cm³/mol. The van der Waals surface area contributed by atoms with Crippen LogP contribution in [-0.2, 0) is 28.7 Å². The van der Waals surface area contributed by atoms with Crippen molar-refractivity contribution in [2.24, 2.45) is 17.3 Å². The molecule has 0 aromatic rings. The second-order valence-corrected chi connectivity index (χ2v) is 9.45. The number of ether oxygens (including phenoxy) is 3. The van der Waals surface area contributed by atoms with Crippen LogP contribution >= 0.6 is 0 Å². The average molecular weight is 427 g/mol. The van der Waals surface area contributed by atoms with Crippen LogP contribution in [0.5, 0.6) is 0 Å². The summed E-state index contributed by atoms with van der Waals surface area (Å²) in [7, 11) is -4.08. The molecule has 0 heterocycles. The minimum atomic E-state index is -4.08. The number of fused-ring (bicyclic) bond motifs is 1. The normalized spacial score (nSPS) is 23.9. The molecule has 3 aliphatic rings. The topological polar surface area (TPSA) is 94.1 Å². The van der Waals surface area contributed by atoms with Crippen LogP contribution in [0.1, 0.15) is 33.1 Å². The van der Waals surface area contributed by atoms with E-state index in [4.69, 9.17) is 14.2 Å². The molecule has 156 valence electrons. The molecule has 3 atom stereocenters. The van der Waals surface area contributed by atoms with Gasteiger partial charge in [-0.3, -0.25) is 0 Å². The van der Waals surface area contributed by atoms with Crippen LogP contribution < -0.4 is 34.8 Å². The standard InChI is InChI=1S/C19H32O7S.Na/c1-4-8-23-13-17(25-10-11-27(21,22)26-20)14-24-9-7-15-5-6-16-12-18(15)19(16,2)3;/h4-5,16-18,20H,1,6-14H2,2-3H3;/q;+1/p-1. The van der Waals surface area contributed by atoms with Gasteiger partial charge in [0.1, 0.15) is 6.10 Å². The van der Waals surface area contributed by atoms with Crippen molar-refractivity contribution in [3.63, 3.8) is 0 Å². The van der Waals surface area contributed by atoms with Crippen molar-refractivity contribution >= 4 is 10.1 Å². The molecule has 0 amide bonds. The monoisotopic (exact) mass is 426 g/mol. The van der Waals surface area contributed by atoms with E-state index in [9.17, 15) is 13.7 Å². The quantitative estimate of drug-likeness (QED) is 0.111. The van der Waals surface area contributed by atoms with E-state index in [2.05, 4.69) is 30.8 Å². The molecule has 1 fully saturated rings. The second-order valence-electron chi connectivity index (χ2n) is 7.80. The van der Waals surface area contributed by atoms with Gasteiger partial charge in [0.2, 0.25) is 0 Å². The Labute approximate surface area is 190 Å². The first-order chi connectivity index (χ1) is 12.8. The molecule has 28 heavy (non-hydrogen) atoms. The second kappa shape index (κ2) is 12.2. The van der Waals surface area contributed by atoms with Crippen molar-refractivity contribution in [3.05, 3.63) is 24.3 Å². The van der Waals surface area contributed by atoms with Gasteiger partial charge in [-0.05, 0) is 36.5 Å². The van der Waals surface area contributed by atoms with Gasteiger partial charge in [-0.1, -0.05) is 31.6 Å². The van der Waals surface area contributed by atoms with Gasteiger partial charge >= 0.3 is 29.6 Å². The zero-order valence-electron chi connectivity index (χ0n) is 17.2. The van der Waals surface area contributed by atoms with Crippen molar-refractivity contribution in [2.75, 3.05) is 38.8 Å². The maximum absolute atomic E-state index is 11.1. The van der Waals surface area contributed by atoms with E-state index in [1.54, 1.807) is 6.08 Å². The molecule has 0 aliphatic heterocycles. The SMILES string of the molecule is C=CCOCC(COCCC1=CCC2CC1C2(C)C)OCCS(=O)(=O)O[O-].[Na+]. The van der Waals surface area contributed by atoms with Gasteiger partial charge in [0, 0.05) is 0 Å². The molecule has 0 aromatic heterocycles. The third-order valence-electron chi connectivity index (χ3n) is 5.75. The van der Waals surface area contributed by atoms with Gasteiger partial charge in [-0.15, -0.1) is 6.58 Å². The maximum Gasteiger partial charge on any atom is 1.00 e. The summed E-state index contributed by atoms with van der Waals surface area (Å²) >= 11 is 0. The van der Waals surface area contributed by atoms with Gasteiger partial charge in [-0.2, -0.15) is 8.42 Å². The number of allylic oxidation sites excluding steroid dienone is 1. The van der Waals surface area contributed by atoms with E-state index in [1.165, 1.54) is 12.0 Å². The summed E-state index contributed by atoms with van der Waals surface area (Å²) in [5.74, 6) is 0.987. The summed E-state index contributed by atoms with van der Waals surface area (Å²) < 4.78 is 41.9. The minimum absolute atomic E-state index is 0. The molecule has 0 aromatic carbocycles. The summed E-state index contributed by atoms with van der Waals surface area (Å²) in [6, 6.07) is 0. The summed E-state index contributed by atoms with van der Waals surface area (Å²) in [5, 5.41) is 10.1. The van der Waals surface area contributed by atoms with Gasteiger partial charge in [-0.25, -0.2) is 0 Å². The van der Waals surface area contributed by atoms with E-state index in [-0.39, 0.29) is 42.8 Å². The summed E-state index contributed by atoms with van der Waals surface area (Å²) in [6.45, 7) is 9.62. The minimum Gasteiger partial charge on any atom is -0.707 e. The molecule has 7 nitrogen and oxygen atoms in total. The first-order valence-corrected chi connectivity index (χ1v) is 11.0. The fourth-order valence-corrected chi connectivity index (χ4v) is 4.31. The van der Waals surface area contributed by atoms with Crippen LogP contribution in [0.2, 0.25) is 0 Å². The van der Waals surface area contributed by atoms with E-state index >= 15 is 0 Å². The zero-order valence-corrected chi connectivity index (χ0v) is 20.0. The molecule has 3 aliphatic carbocycles. The first kappa shape index (κ1) is 26.3. The Morgan fingerprint density at radius 3 is 2.64 bits per heavy atom. The van der Waals surface area contributed by atoms with Crippen molar-refractivity contribution in [3.8, 4) is 0 Å². The van der Waals surface area contributed by atoms with E-state index in [0.29, 0.717) is 31.2 Å². The van der Waals surface area contributed by atoms with Gasteiger partial charge < -0.3 is 23.8 Å². The van der Waals surface area contributed by atoms with Crippen LogP contribution in [0.4, 0.5) is 0 Å². The Morgan fingerprint density at radius 1 is 1.32 bits per heavy atom. The van der Waals surface area contributed by atoms with Gasteiger partial charge in [0.15, 0.2) is 0 Å². The van der Waals surface area contributed by atoms with Crippen molar-refractivity contribution in [1.82, 2.24) is 0 Å². The van der Waals surface area contributed by atoms with Crippen LogP contribution in [0.25, 0.3) is 0 Å². The number of hydrogen-bond acceptors (Lipinski definition) is 7. The number of rotatable bonds is 14. The molecular formula is C19H31NaO7S. The molecule has 3 rings (SSSR count). The maximum atomic E-state index is 11.1. The smallest absolute Gasteiger partial charge is 0.707 e. The van der Waals surface area contributed by atoms with E-state index in [0.717, 1.165) is 18.8 Å². The Bertz CT molecular complexity index is 618. The van der Waals surface area contributed by atoms with Crippen molar-refractivity contribution < 1.29 is 61.8 Å². The molecule has 3 unspecified atom stereocenters. The molecule has 0 radical (unpaired) electrons. The van der Waals surface area contributed by atoms with Crippen LogP contribution in [0, 0.1) is 17.3 Å². The fourth-order valence-electron chi connectivity index (χ4n) is 3.94. The van der Waals surface area contributed by atoms with E-state index in [1.807, 2.05) is 0 Å². The predicted octanol–water partition coefficient (Wildman–Crippen LogP) is -1.40. The largest absolute Gasteiger partial charge is 1.00 e. The van der Waals surface area contributed by atoms with Gasteiger partial charge in [0.05, 0.1) is 38.8 Å². The summed E-state index contributed by atoms with van der Waals surface area (Å²) in [6.07, 6.45) is 6.92. The zero-order chi connectivity index (χ0) is 19.9. The summed E-state index contributed by atoms with van der Waals surface area (Å²) in [4.78, 5) is 0. The Hall–Kier alpha value is 0.230. The Morgan fingerprint density at radius 2 is 2.04 bits per heavy atom. The Balaban J connectivity index is 0.00000392. The third-order valence-corrected chi connectivity index (χ3v) is 6.63. The van der Waals surface area contributed by atoms with Crippen molar-refractivity contribution in [1.29, 1.82) is 0 Å². The summed E-state index contributed by atoms with van der Waals surface area (Å²) in [5.41, 5.74) is 1.89. The van der Waals surface area contributed by atoms with Crippen molar-refractivity contribution in [2.45, 2.75) is 39.2 Å². The molecular weight excluding hydrogens is 395 g/mol. The van der Waals surface area contributed by atoms with Crippen LogP contribution in [0.3, 0.4) is 0 Å². The molecule has 9 heteroatoms. The Kier molecular flexibility index (Phi) is 11.4. The van der Waals surface area contributed by atoms with E-state index < -0.39 is 22.0 Å². The molecule has 1 saturated carbocycles. The average Bonchev–Trinajstić information content (AvgIpc) is 2.64. The number of hydrogen-bond donors (Lipinski definition) is 0. The molecule has 0 N–H and O–H groups in total. The molecule has 2 bridgehead atoms. The third kappa shape index (κ3) is 7.49. The van der Waals surface area contributed by atoms with Crippen LogP contribution in [-0.4, -0.2) is 53.3 Å². The van der Waals surface area contributed by atoms with Crippen LogP contribution in [0.15, 0.2) is 24.3 Å².